The van der Waals surface area contributed by atoms with E-state index in [1.165, 1.54) is 13.1 Å². The van der Waals surface area contributed by atoms with Crippen LogP contribution in [0.2, 0.25) is 0 Å². The molecule has 0 amide bonds. The van der Waals surface area contributed by atoms with Crippen molar-refractivity contribution in [2.75, 3.05) is 6.61 Å². The van der Waals surface area contributed by atoms with E-state index in [0.717, 1.165) is 18.7 Å². The molecule has 0 atom stereocenters. The maximum absolute atomic E-state index is 12.2. The summed E-state index contributed by atoms with van der Waals surface area (Å²) >= 11 is 0. The lowest BCUT2D eigenvalue weighted by Gasteiger charge is -2.07. The molecule has 1 aliphatic carbocycles. The van der Waals surface area contributed by atoms with Crippen LogP contribution in [-0.2, 0) is 4.74 Å². The largest absolute Gasteiger partial charge is 0.462 e. The van der Waals surface area contributed by atoms with Crippen LogP contribution in [0, 0.1) is 6.92 Å². The Bertz CT molecular complexity index is 550. The van der Waals surface area contributed by atoms with Gasteiger partial charge in [0.15, 0.2) is 0 Å². The van der Waals surface area contributed by atoms with Crippen LogP contribution < -0.4 is 0 Å². The summed E-state index contributed by atoms with van der Waals surface area (Å²) in [5.74, 6) is 0.605. The van der Waals surface area contributed by atoms with Crippen LogP contribution in [0.3, 0.4) is 0 Å². The van der Waals surface area contributed by atoms with Crippen molar-refractivity contribution in [2.45, 2.75) is 39.0 Å². The number of aromatic nitrogens is 2. The molecule has 2 rings (SSSR count). The van der Waals surface area contributed by atoms with Gasteiger partial charge in [0.2, 0.25) is 0 Å². The molecular formula is C14H16F2N2O2. The smallest absolute Gasteiger partial charge is 0.341 e. The van der Waals surface area contributed by atoms with Gasteiger partial charge in [-0.05, 0) is 32.3 Å². The highest BCUT2D eigenvalue weighted by Gasteiger charge is 2.27. The van der Waals surface area contributed by atoms with E-state index in [-0.39, 0.29) is 24.2 Å². The second-order valence-corrected chi connectivity index (χ2v) is 4.93. The van der Waals surface area contributed by atoms with Gasteiger partial charge in [-0.2, -0.15) is 8.78 Å². The van der Waals surface area contributed by atoms with Crippen molar-refractivity contribution in [1.82, 2.24) is 9.97 Å². The fraction of sp³-hybridized carbons (Fsp3) is 0.500. The maximum atomic E-state index is 12.2. The highest BCUT2D eigenvalue weighted by molar-refractivity contribution is 5.90. The molecule has 1 aromatic heterocycles. The summed E-state index contributed by atoms with van der Waals surface area (Å²) in [7, 11) is 0. The van der Waals surface area contributed by atoms with Crippen LogP contribution in [0.5, 0.6) is 0 Å². The van der Waals surface area contributed by atoms with Crippen LogP contribution in [0.1, 0.15) is 54.0 Å². The zero-order chi connectivity index (χ0) is 14.7. The summed E-state index contributed by atoms with van der Waals surface area (Å²) in [5.41, 5.74) is 0.780. The average molecular weight is 282 g/mol. The van der Waals surface area contributed by atoms with Crippen LogP contribution in [0.15, 0.2) is 17.9 Å². The second kappa shape index (κ2) is 6.07. The molecule has 1 aliphatic rings. The number of nitrogens with zero attached hydrogens (tertiary/aromatic N) is 2. The molecule has 0 aliphatic heterocycles. The SMILES string of the molecule is CC(CCOC(=O)c1cnc(C2CC2)nc1C)=C(F)F. The molecule has 1 saturated carbocycles. The molecule has 0 aromatic carbocycles. The normalized spacial score (nSPS) is 14.0. The van der Waals surface area contributed by atoms with Gasteiger partial charge in [0.1, 0.15) is 5.82 Å². The predicted octanol–water partition coefficient (Wildman–Crippen LogP) is 3.38. The lowest BCUT2D eigenvalue weighted by atomic mass is 10.2. The minimum Gasteiger partial charge on any atom is -0.462 e. The summed E-state index contributed by atoms with van der Waals surface area (Å²) in [5, 5.41) is 0. The third-order valence-electron chi connectivity index (χ3n) is 3.19. The van der Waals surface area contributed by atoms with Crippen LogP contribution in [0.4, 0.5) is 8.78 Å². The molecule has 6 heteroatoms. The number of aryl methyl sites for hydroxylation is 1. The molecule has 4 nitrogen and oxygen atoms in total. The topological polar surface area (TPSA) is 52.1 Å². The third-order valence-corrected chi connectivity index (χ3v) is 3.19. The first-order valence-corrected chi connectivity index (χ1v) is 6.50. The van der Waals surface area contributed by atoms with Gasteiger partial charge in [-0.3, -0.25) is 0 Å². The standard InChI is InChI=1S/C14H16F2N2O2/c1-8(12(15)16)5-6-20-14(19)11-7-17-13(10-3-4-10)18-9(11)2/h7,10H,3-6H2,1-2H3. The lowest BCUT2D eigenvalue weighted by Crippen LogP contribution is -2.11. The first kappa shape index (κ1) is 14.6. The van der Waals surface area contributed by atoms with E-state index in [1.54, 1.807) is 6.92 Å². The number of ether oxygens (including phenoxy) is 1. The summed E-state index contributed by atoms with van der Waals surface area (Å²) in [6, 6.07) is 0. The van der Waals surface area contributed by atoms with E-state index >= 15 is 0 Å². The van der Waals surface area contributed by atoms with E-state index in [2.05, 4.69) is 9.97 Å². The monoisotopic (exact) mass is 282 g/mol. The van der Waals surface area contributed by atoms with Gasteiger partial charge in [0.25, 0.3) is 6.08 Å². The molecule has 1 fully saturated rings. The van der Waals surface area contributed by atoms with Crippen molar-refractivity contribution in [3.05, 3.63) is 34.9 Å². The average Bonchev–Trinajstić information content (AvgIpc) is 3.22. The van der Waals surface area contributed by atoms with Gasteiger partial charge in [-0.15, -0.1) is 0 Å². The fourth-order valence-electron chi connectivity index (χ4n) is 1.69. The Morgan fingerprint density at radius 1 is 1.45 bits per heavy atom. The Morgan fingerprint density at radius 2 is 2.15 bits per heavy atom. The highest BCUT2D eigenvalue weighted by atomic mass is 19.3. The van der Waals surface area contributed by atoms with E-state index in [0.29, 0.717) is 11.6 Å². The molecule has 108 valence electrons. The molecule has 0 N–H and O–H groups in total. The van der Waals surface area contributed by atoms with Crippen LogP contribution >= 0.6 is 0 Å². The predicted molar refractivity (Wildman–Crippen MR) is 68.6 cm³/mol. The quantitative estimate of drug-likeness (QED) is 0.777. The maximum Gasteiger partial charge on any atom is 0.341 e. The molecular weight excluding hydrogens is 266 g/mol. The first-order valence-electron chi connectivity index (χ1n) is 6.50. The number of halogens is 2. The van der Waals surface area contributed by atoms with Crippen molar-refractivity contribution in [3.63, 3.8) is 0 Å². The van der Waals surface area contributed by atoms with E-state index in [1.807, 2.05) is 0 Å². The number of hydrogen-bond donors (Lipinski definition) is 0. The van der Waals surface area contributed by atoms with Gasteiger partial charge >= 0.3 is 5.97 Å². The van der Waals surface area contributed by atoms with Crippen molar-refractivity contribution in [3.8, 4) is 0 Å². The molecule has 0 spiro atoms. The van der Waals surface area contributed by atoms with Gasteiger partial charge in [-0.25, -0.2) is 14.8 Å². The molecule has 0 bridgehead atoms. The zero-order valence-electron chi connectivity index (χ0n) is 11.4. The number of carbonyl (C=O) groups excluding carboxylic acids is 1. The summed E-state index contributed by atoms with van der Waals surface area (Å²) < 4.78 is 29.3. The summed E-state index contributed by atoms with van der Waals surface area (Å²) in [6.07, 6.45) is 1.92. The number of esters is 1. The number of hydrogen-bond acceptors (Lipinski definition) is 4. The summed E-state index contributed by atoms with van der Waals surface area (Å²) in [6.45, 7) is 2.95. The van der Waals surface area contributed by atoms with Crippen molar-refractivity contribution in [2.24, 2.45) is 0 Å². The van der Waals surface area contributed by atoms with Crippen molar-refractivity contribution >= 4 is 5.97 Å². The molecule has 1 aromatic rings. The Labute approximate surface area is 115 Å². The van der Waals surface area contributed by atoms with E-state index < -0.39 is 12.0 Å². The number of carbonyl (C=O) groups is 1. The summed E-state index contributed by atoms with van der Waals surface area (Å²) in [4.78, 5) is 20.2. The zero-order valence-corrected chi connectivity index (χ0v) is 11.4. The van der Waals surface area contributed by atoms with Crippen molar-refractivity contribution < 1.29 is 18.3 Å². The molecule has 0 unspecified atom stereocenters. The minimum atomic E-state index is -1.73. The first-order chi connectivity index (χ1) is 9.49. The lowest BCUT2D eigenvalue weighted by molar-refractivity contribution is 0.0506. The highest BCUT2D eigenvalue weighted by Crippen LogP contribution is 2.37. The third kappa shape index (κ3) is 3.59. The Balaban J connectivity index is 1.94. The Kier molecular flexibility index (Phi) is 4.42. The van der Waals surface area contributed by atoms with E-state index in [9.17, 15) is 13.6 Å². The molecule has 20 heavy (non-hydrogen) atoms. The van der Waals surface area contributed by atoms with E-state index in [4.69, 9.17) is 4.74 Å². The minimum absolute atomic E-state index is 0.0220. The number of rotatable bonds is 5. The Morgan fingerprint density at radius 3 is 2.70 bits per heavy atom. The Hall–Kier alpha value is -1.85. The fourth-order valence-corrected chi connectivity index (χ4v) is 1.69. The second-order valence-electron chi connectivity index (χ2n) is 4.93. The van der Waals surface area contributed by atoms with Crippen LogP contribution in [-0.4, -0.2) is 22.5 Å². The van der Waals surface area contributed by atoms with Crippen molar-refractivity contribution in [1.29, 1.82) is 0 Å². The molecule has 0 saturated heterocycles. The molecule has 0 radical (unpaired) electrons. The van der Waals surface area contributed by atoms with Gasteiger partial charge in [0.05, 0.1) is 17.9 Å². The van der Waals surface area contributed by atoms with Gasteiger partial charge in [0, 0.05) is 18.5 Å². The molecule has 1 heterocycles. The van der Waals surface area contributed by atoms with Crippen LogP contribution in [0.25, 0.3) is 0 Å². The van der Waals surface area contributed by atoms with Gasteiger partial charge < -0.3 is 4.74 Å². The van der Waals surface area contributed by atoms with Gasteiger partial charge in [-0.1, -0.05) is 0 Å².